The van der Waals surface area contributed by atoms with Crippen LogP contribution in [0, 0.1) is 6.92 Å². The number of rotatable bonds is 7. The molecule has 2 aliphatic heterocycles. The number of likely N-dealkylation sites (N-methyl/N-ethyl adjacent to an activating group) is 1. The fraction of sp³-hybridized carbons (Fsp3) is 0.458. The largest absolute Gasteiger partial charge is 0.296 e. The number of hydrogen-bond acceptors (Lipinski definition) is 6. The molecule has 4 rings (SSSR count). The molecule has 0 bridgehead atoms. The molecule has 0 radical (unpaired) electrons. The van der Waals surface area contributed by atoms with E-state index in [9.17, 15) is 14.4 Å². The number of amides is 3. The molecule has 0 saturated carbocycles. The maximum Gasteiger partial charge on any atom is 0.243 e. The minimum Gasteiger partial charge on any atom is -0.296 e. The molecule has 0 aliphatic carbocycles. The summed E-state index contributed by atoms with van der Waals surface area (Å²) >= 11 is 0. The Labute approximate surface area is 188 Å². The van der Waals surface area contributed by atoms with Crippen LogP contribution in [0.3, 0.4) is 0 Å². The first-order valence-electron chi connectivity index (χ1n) is 11.1. The van der Waals surface area contributed by atoms with Crippen LogP contribution in [0.4, 0.5) is 5.82 Å². The van der Waals surface area contributed by atoms with Crippen LogP contribution in [0.25, 0.3) is 0 Å². The summed E-state index contributed by atoms with van der Waals surface area (Å²) in [4.78, 5) is 51.3. The lowest BCUT2D eigenvalue weighted by Gasteiger charge is -2.30. The van der Waals surface area contributed by atoms with Crippen molar-refractivity contribution in [3.05, 3.63) is 53.0 Å². The number of carbonyl (C=O) groups is 3. The predicted octanol–water partition coefficient (Wildman–Crippen LogP) is 1.89. The normalized spacial score (nSPS) is 16.1. The number of hydrogen-bond donors (Lipinski definition) is 0. The molecule has 8 nitrogen and oxygen atoms in total. The second kappa shape index (κ2) is 9.56. The van der Waals surface area contributed by atoms with Gasteiger partial charge < -0.3 is 0 Å². The maximum absolute atomic E-state index is 12.7. The van der Waals surface area contributed by atoms with Crippen LogP contribution in [0.2, 0.25) is 0 Å². The molecule has 0 unspecified atom stereocenters. The van der Waals surface area contributed by atoms with E-state index in [0.29, 0.717) is 50.5 Å². The van der Waals surface area contributed by atoms with Crippen LogP contribution in [0.5, 0.6) is 0 Å². The van der Waals surface area contributed by atoms with Crippen molar-refractivity contribution in [3.8, 4) is 0 Å². The van der Waals surface area contributed by atoms with Crippen molar-refractivity contribution < 1.29 is 14.4 Å². The number of fused-ring (bicyclic) bond motifs is 1. The van der Waals surface area contributed by atoms with E-state index in [4.69, 9.17) is 4.98 Å². The van der Waals surface area contributed by atoms with Gasteiger partial charge in [-0.15, -0.1) is 0 Å². The van der Waals surface area contributed by atoms with Crippen LogP contribution in [-0.2, 0) is 33.8 Å². The Morgan fingerprint density at radius 2 is 1.84 bits per heavy atom. The molecule has 3 heterocycles. The van der Waals surface area contributed by atoms with Gasteiger partial charge in [-0.2, -0.15) is 0 Å². The van der Waals surface area contributed by atoms with Crippen molar-refractivity contribution in [1.29, 1.82) is 0 Å². The lowest BCUT2D eigenvalue weighted by atomic mass is 10.0. The van der Waals surface area contributed by atoms with Gasteiger partial charge >= 0.3 is 0 Å². The first kappa shape index (κ1) is 22.1. The number of nitrogens with zero attached hydrogens (tertiary/aromatic N) is 5. The van der Waals surface area contributed by atoms with Crippen molar-refractivity contribution >= 4 is 23.5 Å². The Morgan fingerprint density at radius 3 is 2.56 bits per heavy atom. The zero-order valence-electron chi connectivity index (χ0n) is 18.7. The molecule has 1 aromatic heterocycles. The monoisotopic (exact) mass is 435 g/mol. The summed E-state index contributed by atoms with van der Waals surface area (Å²) in [5, 5.41) is 0. The number of benzene rings is 1. The molecule has 1 saturated heterocycles. The highest BCUT2D eigenvalue weighted by molar-refractivity contribution is 5.97. The van der Waals surface area contributed by atoms with Gasteiger partial charge in [0.15, 0.2) is 0 Å². The lowest BCUT2D eigenvalue weighted by molar-refractivity contribution is -0.142. The zero-order chi connectivity index (χ0) is 22.7. The number of imide groups is 1. The van der Waals surface area contributed by atoms with Gasteiger partial charge in [0.25, 0.3) is 0 Å². The van der Waals surface area contributed by atoms with E-state index in [1.807, 2.05) is 37.1 Å². The molecule has 0 spiro atoms. The van der Waals surface area contributed by atoms with Gasteiger partial charge in [-0.05, 0) is 38.8 Å². The van der Waals surface area contributed by atoms with E-state index in [1.165, 1.54) is 10.5 Å². The molecular weight excluding hydrogens is 406 g/mol. The number of aromatic nitrogens is 2. The van der Waals surface area contributed by atoms with Crippen molar-refractivity contribution in [2.75, 3.05) is 31.6 Å². The van der Waals surface area contributed by atoms with Gasteiger partial charge in [-0.3, -0.25) is 29.1 Å². The first-order valence-corrected chi connectivity index (χ1v) is 11.1. The van der Waals surface area contributed by atoms with Gasteiger partial charge in [-0.1, -0.05) is 30.3 Å². The molecular formula is C24H29N5O3. The van der Waals surface area contributed by atoms with Crippen molar-refractivity contribution in [1.82, 2.24) is 19.8 Å². The lowest BCUT2D eigenvalue weighted by Crippen LogP contribution is -2.40. The van der Waals surface area contributed by atoms with E-state index in [2.05, 4.69) is 17.1 Å². The van der Waals surface area contributed by atoms with Crippen LogP contribution in [0.1, 0.15) is 41.9 Å². The number of anilines is 1. The Hall–Kier alpha value is -3.13. The molecule has 2 aliphatic rings. The van der Waals surface area contributed by atoms with Crippen molar-refractivity contribution in [2.45, 2.75) is 45.6 Å². The molecule has 32 heavy (non-hydrogen) atoms. The minimum atomic E-state index is -0.190. The second-order valence-electron chi connectivity index (χ2n) is 8.52. The van der Waals surface area contributed by atoms with Crippen molar-refractivity contribution in [3.63, 3.8) is 0 Å². The zero-order valence-corrected chi connectivity index (χ0v) is 18.7. The van der Waals surface area contributed by atoms with Gasteiger partial charge in [0.1, 0.15) is 11.6 Å². The third-order valence-electron chi connectivity index (χ3n) is 6.04. The fourth-order valence-corrected chi connectivity index (χ4v) is 4.35. The number of aryl methyl sites for hydroxylation is 1. The Morgan fingerprint density at radius 1 is 1.06 bits per heavy atom. The summed E-state index contributed by atoms with van der Waals surface area (Å²) in [5.41, 5.74) is 3.06. The van der Waals surface area contributed by atoms with Gasteiger partial charge in [0.05, 0.1) is 13.1 Å². The summed E-state index contributed by atoms with van der Waals surface area (Å²) in [6.07, 6.45) is 3.03. The van der Waals surface area contributed by atoms with Crippen LogP contribution in [0.15, 0.2) is 30.3 Å². The number of carbonyl (C=O) groups excluding carboxylic acids is 3. The second-order valence-corrected chi connectivity index (χ2v) is 8.52. The SMILES string of the molecule is Cc1nc(CN(C)CC(=O)N2CCCC2=O)nc2c1CCC(=O)N2CCc1ccccc1. The highest BCUT2D eigenvalue weighted by Gasteiger charge is 2.29. The molecule has 1 aromatic carbocycles. The third-order valence-corrected chi connectivity index (χ3v) is 6.04. The summed E-state index contributed by atoms with van der Waals surface area (Å²) in [6, 6.07) is 10.1. The van der Waals surface area contributed by atoms with E-state index in [0.717, 1.165) is 24.1 Å². The van der Waals surface area contributed by atoms with E-state index in [-0.39, 0.29) is 24.3 Å². The van der Waals surface area contributed by atoms with Crippen LogP contribution >= 0.6 is 0 Å². The summed E-state index contributed by atoms with van der Waals surface area (Å²) < 4.78 is 0. The molecule has 0 N–H and O–H groups in total. The van der Waals surface area contributed by atoms with Crippen LogP contribution < -0.4 is 4.90 Å². The van der Waals surface area contributed by atoms with Gasteiger partial charge in [0, 0.05) is 37.2 Å². The quantitative estimate of drug-likeness (QED) is 0.660. The summed E-state index contributed by atoms with van der Waals surface area (Å²) in [6.45, 7) is 3.50. The topological polar surface area (TPSA) is 86.7 Å². The smallest absolute Gasteiger partial charge is 0.243 e. The summed E-state index contributed by atoms with van der Waals surface area (Å²) in [5.74, 6) is 1.05. The average molecular weight is 436 g/mol. The predicted molar refractivity (Wildman–Crippen MR) is 120 cm³/mol. The summed E-state index contributed by atoms with van der Waals surface area (Å²) in [7, 11) is 1.81. The average Bonchev–Trinajstić information content (AvgIpc) is 3.19. The minimum absolute atomic E-state index is 0.0774. The molecule has 0 atom stereocenters. The number of likely N-dealkylation sites (tertiary alicyclic amines) is 1. The van der Waals surface area contributed by atoms with E-state index in [1.54, 1.807) is 4.90 Å². The van der Waals surface area contributed by atoms with Gasteiger partial charge in [0.2, 0.25) is 17.7 Å². The standard InChI is InChI=1S/C24H29N5O3/c1-17-19-10-11-22(31)29(14-12-18-7-4-3-5-8-18)24(19)26-20(25-17)15-27(2)16-23(32)28-13-6-9-21(28)30/h3-5,7-8H,6,9-16H2,1-2H3. The molecule has 3 amide bonds. The Bertz CT molecular complexity index is 1020. The van der Waals surface area contributed by atoms with E-state index >= 15 is 0 Å². The Kier molecular flexibility index (Phi) is 6.60. The Balaban J connectivity index is 1.48. The highest BCUT2D eigenvalue weighted by atomic mass is 16.2. The third kappa shape index (κ3) is 4.85. The van der Waals surface area contributed by atoms with Crippen LogP contribution in [-0.4, -0.2) is 64.2 Å². The molecule has 2 aromatic rings. The maximum atomic E-state index is 12.7. The highest BCUT2D eigenvalue weighted by Crippen LogP contribution is 2.28. The molecule has 1 fully saturated rings. The molecule has 8 heteroatoms. The fourth-order valence-electron chi connectivity index (χ4n) is 4.35. The molecule has 168 valence electrons. The van der Waals surface area contributed by atoms with Gasteiger partial charge in [-0.25, -0.2) is 9.97 Å². The van der Waals surface area contributed by atoms with Crippen molar-refractivity contribution in [2.24, 2.45) is 0 Å². The first-order chi connectivity index (χ1) is 15.4. The van der Waals surface area contributed by atoms with E-state index < -0.39 is 0 Å².